The monoisotopic (exact) mass is 619 g/mol. The summed E-state index contributed by atoms with van der Waals surface area (Å²) >= 11 is 1.48. The van der Waals surface area contributed by atoms with Gasteiger partial charge in [-0.25, -0.2) is 15.4 Å². The molecule has 0 aliphatic rings. The summed E-state index contributed by atoms with van der Waals surface area (Å²) in [5, 5.41) is 14.4. The molecule has 45 heavy (non-hydrogen) atoms. The van der Waals surface area contributed by atoms with E-state index in [-0.39, 0.29) is 38.4 Å². The molecule has 0 heterocycles. The Balaban J connectivity index is 0.00000552. The molecule has 0 spiro atoms. The second-order valence-electron chi connectivity index (χ2n) is 10.4. The van der Waals surface area contributed by atoms with Crippen LogP contribution in [0.5, 0.6) is 0 Å². The Morgan fingerprint density at radius 1 is 0.911 bits per heavy atom. The molecule has 0 saturated heterocycles. The van der Waals surface area contributed by atoms with Crippen LogP contribution < -0.4 is 34.2 Å². The molecule has 0 saturated carbocycles. The third-order valence-electron chi connectivity index (χ3n) is 7.20. The summed E-state index contributed by atoms with van der Waals surface area (Å²) in [5.74, 6) is -2.65. The zero-order valence-electron chi connectivity index (χ0n) is 25.5. The molecule has 10 heteroatoms. The number of benzene rings is 4. The van der Waals surface area contributed by atoms with Crippen molar-refractivity contribution in [1.82, 2.24) is 5.32 Å². The molecule has 1 amide bonds. The number of amides is 1. The van der Waals surface area contributed by atoms with Gasteiger partial charge >= 0.3 is 18.9 Å². The molecule has 1 atom stereocenters. The molecule has 6 nitrogen and oxygen atoms in total. The number of anilines is 1. The number of rotatable bonds is 13. The van der Waals surface area contributed by atoms with Crippen LogP contribution in [-0.4, -0.2) is 29.9 Å². The van der Waals surface area contributed by atoms with Crippen LogP contribution in [0.25, 0.3) is 16.0 Å². The van der Waals surface area contributed by atoms with Gasteiger partial charge < -0.3 is 25.0 Å². The molecule has 4 rings (SSSR count). The Morgan fingerprint density at radius 2 is 1.56 bits per heavy atom. The van der Waals surface area contributed by atoms with Gasteiger partial charge in [-0.05, 0) is 102 Å². The third kappa shape index (κ3) is 9.70. The number of nitrogens with zero attached hydrogens (tertiary/aromatic N) is 2. The standard InChI is InChI=1S/C35H33F2N3O3S.Li/c1-23-6-4-5-7-30(23)32-18-25(10-13-31(32)34(41)39-33(35(42)43)14-15-44-3)21-40(22-26-16-27(36)19-28(37)17-26)29-11-8-24(9-12-29)20-38-2;/h4-13,16-19,33H,14-15,20-22H2,1,3H3,(H,39,41)(H,42,43);/q;+1/p-1. The summed E-state index contributed by atoms with van der Waals surface area (Å²) in [6.07, 6.45) is 2.09. The van der Waals surface area contributed by atoms with Crippen molar-refractivity contribution in [3.63, 3.8) is 0 Å². The maximum atomic E-state index is 14.1. The van der Waals surface area contributed by atoms with Crippen LogP contribution in [0.2, 0.25) is 0 Å². The maximum Gasteiger partial charge on any atom is 1.00 e. The van der Waals surface area contributed by atoms with Gasteiger partial charge in [-0.3, -0.25) is 4.79 Å². The van der Waals surface area contributed by atoms with Crippen molar-refractivity contribution in [3.05, 3.63) is 136 Å². The molecule has 4 aromatic carbocycles. The van der Waals surface area contributed by atoms with E-state index in [1.165, 1.54) is 23.9 Å². The first-order valence-corrected chi connectivity index (χ1v) is 15.4. The minimum absolute atomic E-state index is 0. The summed E-state index contributed by atoms with van der Waals surface area (Å²) in [7, 11) is 0. The Morgan fingerprint density at radius 3 is 2.18 bits per heavy atom. The number of aryl methyl sites for hydroxylation is 1. The molecule has 226 valence electrons. The van der Waals surface area contributed by atoms with Gasteiger partial charge in [0.15, 0.2) is 0 Å². The summed E-state index contributed by atoms with van der Waals surface area (Å²) < 4.78 is 28.2. The number of hydrogen-bond acceptors (Lipinski definition) is 5. The normalized spacial score (nSPS) is 11.2. The van der Waals surface area contributed by atoms with Crippen LogP contribution >= 0.6 is 11.8 Å². The van der Waals surface area contributed by atoms with E-state index in [4.69, 9.17) is 6.57 Å². The molecule has 1 N–H and O–H groups in total. The largest absolute Gasteiger partial charge is 1.00 e. The first kappa shape index (κ1) is 35.4. The zero-order chi connectivity index (χ0) is 31.6. The van der Waals surface area contributed by atoms with Crippen molar-refractivity contribution >= 4 is 29.3 Å². The molecule has 0 aliphatic heterocycles. The van der Waals surface area contributed by atoms with E-state index in [0.29, 0.717) is 29.0 Å². The number of carboxylic acid groups (broad SMARTS) is 1. The van der Waals surface area contributed by atoms with Gasteiger partial charge in [0, 0.05) is 36.0 Å². The van der Waals surface area contributed by atoms with Gasteiger partial charge in [-0.1, -0.05) is 30.3 Å². The topological polar surface area (TPSA) is 76.8 Å². The molecule has 0 radical (unpaired) electrons. The molecule has 0 bridgehead atoms. The van der Waals surface area contributed by atoms with E-state index < -0.39 is 29.6 Å². The summed E-state index contributed by atoms with van der Waals surface area (Å²) in [4.78, 5) is 30.6. The quantitative estimate of drug-likeness (QED) is 0.184. The number of aliphatic carboxylic acids is 1. The van der Waals surface area contributed by atoms with Crippen LogP contribution in [0.3, 0.4) is 0 Å². The third-order valence-corrected chi connectivity index (χ3v) is 7.84. The van der Waals surface area contributed by atoms with E-state index in [1.54, 1.807) is 12.1 Å². The minimum atomic E-state index is -1.34. The number of nitrogens with one attached hydrogen (secondary N) is 1. The van der Waals surface area contributed by atoms with Crippen LogP contribution in [0.4, 0.5) is 14.5 Å². The Hall–Kier alpha value is -4.08. The molecule has 0 aromatic heterocycles. The fourth-order valence-corrected chi connectivity index (χ4v) is 5.46. The van der Waals surface area contributed by atoms with Gasteiger partial charge in [-0.2, -0.15) is 11.8 Å². The maximum absolute atomic E-state index is 14.1. The van der Waals surface area contributed by atoms with Crippen molar-refractivity contribution in [2.24, 2.45) is 0 Å². The van der Waals surface area contributed by atoms with Gasteiger partial charge in [-0.15, -0.1) is 0 Å². The number of halogens is 2. The molecule has 0 fully saturated rings. The first-order chi connectivity index (χ1) is 21.2. The average molecular weight is 620 g/mol. The Bertz CT molecular complexity index is 1660. The molecule has 0 aliphatic carbocycles. The van der Waals surface area contributed by atoms with E-state index in [2.05, 4.69) is 10.2 Å². The van der Waals surface area contributed by atoms with Crippen LogP contribution in [0.15, 0.2) is 84.9 Å². The number of thioether (sulfide) groups is 1. The summed E-state index contributed by atoms with van der Waals surface area (Å²) in [5.41, 5.74) is 5.60. The number of hydrogen-bond donors (Lipinski definition) is 1. The smallest absolute Gasteiger partial charge is 0.548 e. The van der Waals surface area contributed by atoms with Crippen LogP contribution in [0.1, 0.15) is 39.0 Å². The summed E-state index contributed by atoms with van der Waals surface area (Å²) in [6, 6.07) is 22.7. The van der Waals surface area contributed by atoms with Crippen molar-refractivity contribution in [1.29, 1.82) is 0 Å². The molecule has 4 aromatic rings. The van der Waals surface area contributed by atoms with Crippen LogP contribution in [0, 0.1) is 25.1 Å². The Labute approximate surface area is 278 Å². The fourth-order valence-electron chi connectivity index (χ4n) is 4.99. The van der Waals surface area contributed by atoms with Crippen molar-refractivity contribution in [2.45, 2.75) is 39.0 Å². The Kier molecular flexibility index (Phi) is 13.2. The van der Waals surface area contributed by atoms with Crippen molar-refractivity contribution in [2.75, 3.05) is 16.9 Å². The van der Waals surface area contributed by atoms with Crippen molar-refractivity contribution in [3.8, 4) is 11.1 Å². The fraction of sp³-hybridized carbons (Fsp3) is 0.229. The zero-order valence-corrected chi connectivity index (χ0v) is 26.3. The molecule has 1 unspecified atom stereocenters. The first-order valence-electron chi connectivity index (χ1n) is 14.0. The van der Waals surface area contributed by atoms with Gasteiger partial charge in [0.05, 0.1) is 12.0 Å². The number of carboxylic acids is 1. The summed E-state index contributed by atoms with van der Waals surface area (Å²) in [6.45, 7) is 9.84. The van der Waals surface area contributed by atoms with Gasteiger partial charge in [0.2, 0.25) is 6.54 Å². The van der Waals surface area contributed by atoms with Gasteiger partial charge in [0.25, 0.3) is 5.91 Å². The average Bonchev–Trinajstić information content (AvgIpc) is 2.99. The number of carbonyl (C=O) groups is 2. The van der Waals surface area contributed by atoms with Crippen molar-refractivity contribution < 1.29 is 42.3 Å². The van der Waals surface area contributed by atoms with E-state index in [0.717, 1.165) is 34.0 Å². The van der Waals surface area contributed by atoms with E-state index >= 15 is 0 Å². The minimum Gasteiger partial charge on any atom is -0.548 e. The predicted octanol–water partition coefficient (Wildman–Crippen LogP) is 3.17. The molecular formula is C35H32F2LiN3O3S. The second-order valence-corrected chi connectivity index (χ2v) is 11.4. The van der Waals surface area contributed by atoms with Gasteiger partial charge in [0.1, 0.15) is 11.6 Å². The predicted molar refractivity (Wildman–Crippen MR) is 169 cm³/mol. The van der Waals surface area contributed by atoms with E-state index in [9.17, 15) is 23.5 Å². The second kappa shape index (κ2) is 16.8. The number of carbonyl (C=O) groups excluding carboxylic acids is 2. The van der Waals surface area contributed by atoms with E-state index in [1.807, 2.05) is 72.7 Å². The van der Waals surface area contributed by atoms with Crippen LogP contribution in [-0.2, 0) is 24.4 Å². The molecular weight excluding hydrogens is 587 g/mol. The SMILES string of the molecule is [C-]#[N+]Cc1ccc(N(Cc2cc(F)cc(F)c2)Cc2ccc(C(=O)NC(CCSC)C(=O)[O-])c(-c3ccccc3C)c2)cc1.[Li+].